The maximum absolute atomic E-state index is 13.9. The minimum Gasteiger partial charge on any atom is -0.493 e. The molecule has 1 unspecified atom stereocenters. The van der Waals surface area contributed by atoms with E-state index in [0.29, 0.717) is 45.2 Å². The number of hydrogen-bond acceptors (Lipinski definition) is 9. The third-order valence-corrected chi connectivity index (χ3v) is 7.76. The molecule has 216 valence electrons. The van der Waals surface area contributed by atoms with Crippen molar-refractivity contribution in [1.29, 1.82) is 0 Å². The van der Waals surface area contributed by atoms with Gasteiger partial charge in [-0.05, 0) is 35.7 Å². The van der Waals surface area contributed by atoms with Crippen LogP contribution >= 0.6 is 11.8 Å². The number of esters is 1. The summed E-state index contributed by atoms with van der Waals surface area (Å²) in [6, 6.07) is 22.8. The number of carbonyl (C=O) groups excluding carboxylic acids is 1. The standard InChI is InChI=1S/C32H31N3O6S/c1-5-41-31(37)25-24(21-16-22(38-2)28(40-4)23(17-21)39-3)26-29(33-27(25)20-14-10-7-11-15-20)34-32(35-30(26)36)42-18-19-12-8-6-9-13-19/h6-17,24H,5,18H2,1-4H3,(H2,33,34,35,36). The molecule has 0 fully saturated rings. The van der Waals surface area contributed by atoms with Crippen molar-refractivity contribution in [3.05, 3.63) is 111 Å². The molecule has 3 aromatic carbocycles. The highest BCUT2D eigenvalue weighted by molar-refractivity contribution is 7.98. The maximum atomic E-state index is 13.9. The molecular formula is C32H31N3O6S. The Morgan fingerprint density at radius 2 is 1.57 bits per heavy atom. The minimum absolute atomic E-state index is 0.156. The lowest BCUT2D eigenvalue weighted by Gasteiger charge is -2.30. The number of fused-ring (bicyclic) bond motifs is 1. The molecule has 0 saturated carbocycles. The molecule has 4 aromatic rings. The fraction of sp³-hybridized carbons (Fsp3) is 0.219. The highest BCUT2D eigenvalue weighted by Crippen LogP contribution is 2.47. The molecule has 2 N–H and O–H groups in total. The van der Waals surface area contributed by atoms with Gasteiger partial charge in [-0.1, -0.05) is 72.4 Å². The van der Waals surface area contributed by atoms with Crippen molar-refractivity contribution in [2.75, 3.05) is 33.3 Å². The van der Waals surface area contributed by atoms with E-state index in [1.807, 2.05) is 60.7 Å². The minimum atomic E-state index is -0.867. The van der Waals surface area contributed by atoms with Gasteiger partial charge in [-0.15, -0.1) is 0 Å². The summed E-state index contributed by atoms with van der Waals surface area (Å²) < 4.78 is 22.3. The summed E-state index contributed by atoms with van der Waals surface area (Å²) in [6.07, 6.45) is 0. The van der Waals surface area contributed by atoms with E-state index in [9.17, 15) is 9.59 Å². The highest BCUT2D eigenvalue weighted by atomic mass is 32.2. The quantitative estimate of drug-likeness (QED) is 0.139. The molecule has 42 heavy (non-hydrogen) atoms. The smallest absolute Gasteiger partial charge is 0.337 e. The number of aromatic amines is 1. The van der Waals surface area contributed by atoms with E-state index in [2.05, 4.69) is 10.3 Å². The Balaban J connectivity index is 1.74. The molecule has 5 rings (SSSR count). The predicted octanol–water partition coefficient (Wildman–Crippen LogP) is 5.62. The monoisotopic (exact) mass is 585 g/mol. The van der Waals surface area contributed by atoms with E-state index < -0.39 is 11.9 Å². The van der Waals surface area contributed by atoms with Crippen molar-refractivity contribution in [2.45, 2.75) is 23.8 Å². The lowest BCUT2D eigenvalue weighted by atomic mass is 9.80. The SMILES string of the molecule is CCOC(=O)C1=C(c2ccccc2)Nc2nc(SCc3ccccc3)[nH]c(=O)c2C1c1cc(OC)c(OC)c(OC)c1. The largest absolute Gasteiger partial charge is 0.493 e. The van der Waals surface area contributed by atoms with Gasteiger partial charge >= 0.3 is 5.97 Å². The van der Waals surface area contributed by atoms with Crippen LogP contribution in [0.3, 0.4) is 0 Å². The number of anilines is 1. The van der Waals surface area contributed by atoms with Crippen molar-refractivity contribution in [1.82, 2.24) is 9.97 Å². The summed E-state index contributed by atoms with van der Waals surface area (Å²) in [5.74, 6) is 0.701. The molecular weight excluding hydrogens is 554 g/mol. The van der Waals surface area contributed by atoms with Gasteiger partial charge in [-0.2, -0.15) is 0 Å². The summed E-state index contributed by atoms with van der Waals surface area (Å²) in [5, 5.41) is 3.76. The average molecular weight is 586 g/mol. The lowest BCUT2D eigenvalue weighted by Crippen LogP contribution is -2.31. The van der Waals surface area contributed by atoms with Gasteiger partial charge in [0, 0.05) is 5.75 Å². The van der Waals surface area contributed by atoms with Crippen molar-refractivity contribution >= 4 is 29.2 Å². The zero-order valence-electron chi connectivity index (χ0n) is 23.7. The molecule has 1 atom stereocenters. The summed E-state index contributed by atoms with van der Waals surface area (Å²) in [7, 11) is 4.54. The van der Waals surface area contributed by atoms with Gasteiger partial charge < -0.3 is 29.2 Å². The first-order valence-electron chi connectivity index (χ1n) is 13.3. The Morgan fingerprint density at radius 3 is 2.17 bits per heavy atom. The number of nitrogens with one attached hydrogen (secondary N) is 2. The van der Waals surface area contributed by atoms with Crippen LogP contribution in [-0.2, 0) is 15.3 Å². The van der Waals surface area contributed by atoms with Gasteiger partial charge in [0.25, 0.3) is 5.56 Å². The van der Waals surface area contributed by atoms with Crippen LogP contribution in [-0.4, -0.2) is 43.9 Å². The average Bonchev–Trinajstić information content (AvgIpc) is 3.03. The fourth-order valence-corrected chi connectivity index (χ4v) is 5.77. The summed E-state index contributed by atoms with van der Waals surface area (Å²) >= 11 is 1.42. The van der Waals surface area contributed by atoms with E-state index in [4.69, 9.17) is 23.9 Å². The normalized spacial score (nSPS) is 14.0. The number of ether oxygens (including phenoxy) is 4. The Bertz CT molecular complexity index is 1650. The Hall–Kier alpha value is -4.70. The van der Waals surface area contributed by atoms with Gasteiger partial charge in [-0.25, -0.2) is 9.78 Å². The van der Waals surface area contributed by atoms with Crippen LogP contribution in [0.15, 0.2) is 88.3 Å². The zero-order chi connectivity index (χ0) is 29.6. The van der Waals surface area contributed by atoms with E-state index in [0.717, 1.165) is 11.1 Å². The topological polar surface area (TPSA) is 112 Å². The molecule has 1 aliphatic heterocycles. The molecule has 0 radical (unpaired) electrons. The lowest BCUT2D eigenvalue weighted by molar-refractivity contribution is -0.138. The van der Waals surface area contributed by atoms with Crippen LogP contribution in [0.25, 0.3) is 5.70 Å². The van der Waals surface area contributed by atoms with Gasteiger partial charge in [0.05, 0.1) is 50.7 Å². The first kappa shape index (κ1) is 28.8. The van der Waals surface area contributed by atoms with Crippen molar-refractivity contribution in [3.8, 4) is 17.2 Å². The fourth-order valence-electron chi connectivity index (χ4n) is 4.96. The molecule has 0 aliphatic carbocycles. The van der Waals surface area contributed by atoms with Crippen molar-refractivity contribution in [3.63, 3.8) is 0 Å². The van der Waals surface area contributed by atoms with Crippen LogP contribution in [0.5, 0.6) is 17.2 Å². The third-order valence-electron chi connectivity index (χ3n) is 6.82. The number of methoxy groups -OCH3 is 3. The number of benzene rings is 3. The molecule has 0 saturated heterocycles. The van der Waals surface area contributed by atoms with Gasteiger partial charge in [0.2, 0.25) is 5.75 Å². The number of hydrogen-bond donors (Lipinski definition) is 2. The first-order valence-corrected chi connectivity index (χ1v) is 14.3. The Morgan fingerprint density at radius 1 is 0.929 bits per heavy atom. The van der Waals surface area contributed by atoms with Gasteiger partial charge in [0.15, 0.2) is 16.7 Å². The third kappa shape index (κ3) is 5.71. The molecule has 1 aromatic heterocycles. The predicted molar refractivity (Wildman–Crippen MR) is 162 cm³/mol. The van der Waals surface area contributed by atoms with Crippen LogP contribution in [0.2, 0.25) is 0 Å². The van der Waals surface area contributed by atoms with Crippen LogP contribution < -0.4 is 25.1 Å². The first-order chi connectivity index (χ1) is 20.5. The second kappa shape index (κ2) is 12.9. The van der Waals surface area contributed by atoms with Crippen LogP contribution in [0.1, 0.15) is 35.1 Å². The second-order valence-corrected chi connectivity index (χ2v) is 10.3. The van der Waals surface area contributed by atoms with Crippen LogP contribution in [0.4, 0.5) is 5.82 Å². The molecule has 0 bridgehead atoms. The summed E-state index contributed by atoms with van der Waals surface area (Å²) in [6.45, 7) is 1.90. The van der Waals surface area contributed by atoms with E-state index in [1.54, 1.807) is 19.1 Å². The highest BCUT2D eigenvalue weighted by Gasteiger charge is 2.39. The van der Waals surface area contributed by atoms with E-state index >= 15 is 0 Å². The molecule has 9 nitrogen and oxygen atoms in total. The van der Waals surface area contributed by atoms with Crippen LogP contribution in [0, 0.1) is 0 Å². The molecule has 0 spiro atoms. The maximum Gasteiger partial charge on any atom is 0.337 e. The molecule has 10 heteroatoms. The summed E-state index contributed by atoms with van der Waals surface area (Å²) in [5.41, 5.74) is 3.07. The Kier molecular flexibility index (Phi) is 8.83. The van der Waals surface area contributed by atoms with Gasteiger partial charge in [0.1, 0.15) is 5.82 Å². The number of thioether (sulfide) groups is 1. The van der Waals surface area contributed by atoms with E-state index in [-0.39, 0.29) is 23.3 Å². The number of aromatic nitrogens is 2. The molecule has 2 heterocycles. The second-order valence-electron chi connectivity index (χ2n) is 9.30. The molecule has 1 aliphatic rings. The van der Waals surface area contributed by atoms with Gasteiger partial charge in [-0.3, -0.25) is 4.79 Å². The number of carbonyl (C=O) groups is 1. The van der Waals surface area contributed by atoms with Crippen molar-refractivity contribution < 1.29 is 23.7 Å². The van der Waals surface area contributed by atoms with E-state index in [1.165, 1.54) is 33.1 Å². The Labute approximate surface area is 247 Å². The number of nitrogens with zero attached hydrogens (tertiary/aromatic N) is 1. The number of rotatable bonds is 10. The number of H-pyrrole nitrogens is 1. The zero-order valence-corrected chi connectivity index (χ0v) is 24.5. The van der Waals surface area contributed by atoms with Crippen molar-refractivity contribution in [2.24, 2.45) is 0 Å². The summed E-state index contributed by atoms with van der Waals surface area (Å²) in [4.78, 5) is 35.3. The molecule has 0 amide bonds.